The maximum atomic E-state index is 12.5. The van der Waals surface area contributed by atoms with E-state index in [4.69, 9.17) is 0 Å². The molecule has 0 aliphatic heterocycles. The first-order valence-electron chi connectivity index (χ1n) is 6.91. The number of rotatable bonds is 6. The molecule has 0 N–H and O–H groups in total. The lowest BCUT2D eigenvalue weighted by molar-refractivity contribution is -0.0499. The Morgan fingerprint density at radius 1 is 1.29 bits per heavy atom. The highest BCUT2D eigenvalue weighted by Gasteiger charge is 2.14. The van der Waals surface area contributed by atoms with E-state index in [2.05, 4.69) is 9.84 Å². The number of para-hydroxylation sites is 2. The largest absolute Gasteiger partial charge is 0.433 e. The minimum Gasteiger partial charge on any atom is -0.433 e. The van der Waals surface area contributed by atoms with Crippen LogP contribution in [0.1, 0.15) is 10.5 Å². The van der Waals surface area contributed by atoms with Crippen LogP contribution in [-0.4, -0.2) is 41.2 Å². The van der Waals surface area contributed by atoms with Crippen molar-refractivity contribution in [3.05, 3.63) is 64.7 Å². The van der Waals surface area contributed by atoms with E-state index in [1.54, 1.807) is 25.1 Å². The normalized spacial score (nSPS) is 11.0. The van der Waals surface area contributed by atoms with Crippen molar-refractivity contribution in [3.63, 3.8) is 0 Å². The van der Waals surface area contributed by atoms with Gasteiger partial charge in [-0.2, -0.15) is 13.9 Å². The number of halogens is 2. The predicted octanol–water partition coefficient (Wildman–Crippen LogP) is 2.09. The molecule has 0 bridgehead atoms. The third-order valence-electron chi connectivity index (χ3n) is 2.89. The van der Waals surface area contributed by atoms with Crippen LogP contribution >= 0.6 is 0 Å². The molecule has 1 heterocycles. The zero-order valence-electron chi connectivity index (χ0n) is 13.0. The van der Waals surface area contributed by atoms with Gasteiger partial charge in [-0.1, -0.05) is 12.1 Å². The SMILES string of the molecule is CN(C)C=CC(=O)c1nn(-c2ccccc2OC(F)F)ccc1=O. The summed E-state index contributed by atoms with van der Waals surface area (Å²) in [5, 5.41) is 3.95. The van der Waals surface area contributed by atoms with Gasteiger partial charge in [0.2, 0.25) is 11.2 Å². The summed E-state index contributed by atoms with van der Waals surface area (Å²) in [4.78, 5) is 25.6. The molecule has 6 nitrogen and oxygen atoms in total. The Kier molecular flexibility index (Phi) is 5.41. The number of ether oxygens (including phenoxy) is 1. The molecule has 0 saturated carbocycles. The van der Waals surface area contributed by atoms with Crippen molar-refractivity contribution in [2.24, 2.45) is 0 Å². The maximum Gasteiger partial charge on any atom is 0.387 e. The number of hydrogen-bond acceptors (Lipinski definition) is 5. The number of nitrogens with zero attached hydrogens (tertiary/aromatic N) is 3. The monoisotopic (exact) mass is 335 g/mol. The molecular formula is C16H15F2N3O3. The standard InChI is InChI=1S/C16H15F2N3O3/c1-20(2)9-7-12(22)15-13(23)8-10-21(19-15)11-5-3-4-6-14(11)24-16(17)18/h3-10,16H,1-2H3. The Labute approximate surface area is 136 Å². The van der Waals surface area contributed by atoms with Gasteiger partial charge in [-0.15, -0.1) is 0 Å². The second-order valence-electron chi connectivity index (χ2n) is 4.96. The molecule has 0 radical (unpaired) electrons. The van der Waals surface area contributed by atoms with Crippen molar-refractivity contribution >= 4 is 5.78 Å². The van der Waals surface area contributed by atoms with E-state index in [0.717, 1.165) is 10.7 Å². The van der Waals surface area contributed by atoms with E-state index >= 15 is 0 Å². The van der Waals surface area contributed by atoms with Crippen LogP contribution in [0.4, 0.5) is 8.78 Å². The molecule has 1 aromatic carbocycles. The number of hydrogen-bond donors (Lipinski definition) is 0. The Balaban J connectivity index is 2.46. The van der Waals surface area contributed by atoms with Gasteiger partial charge in [0.15, 0.2) is 11.4 Å². The van der Waals surface area contributed by atoms with Crippen LogP contribution in [0, 0.1) is 0 Å². The lowest BCUT2D eigenvalue weighted by Crippen LogP contribution is -2.20. The number of alkyl halides is 2. The second-order valence-corrected chi connectivity index (χ2v) is 4.96. The topological polar surface area (TPSA) is 64.4 Å². The van der Waals surface area contributed by atoms with Gasteiger partial charge in [0.1, 0.15) is 5.69 Å². The lowest BCUT2D eigenvalue weighted by atomic mass is 10.2. The Bertz CT molecular complexity index is 816. The average molecular weight is 335 g/mol. The minimum atomic E-state index is -3.00. The van der Waals surface area contributed by atoms with Gasteiger partial charge in [0.25, 0.3) is 0 Å². The molecule has 24 heavy (non-hydrogen) atoms. The van der Waals surface area contributed by atoms with E-state index in [-0.39, 0.29) is 17.1 Å². The molecule has 2 rings (SSSR count). The first kappa shape index (κ1) is 17.3. The fraction of sp³-hybridized carbons (Fsp3) is 0.188. The van der Waals surface area contributed by atoms with Gasteiger partial charge in [-0.3, -0.25) is 9.59 Å². The fourth-order valence-corrected chi connectivity index (χ4v) is 1.85. The smallest absolute Gasteiger partial charge is 0.387 e. The number of aromatic nitrogens is 2. The van der Waals surface area contributed by atoms with E-state index in [1.807, 2.05) is 0 Å². The van der Waals surface area contributed by atoms with Crippen molar-refractivity contribution in [2.75, 3.05) is 14.1 Å². The number of carbonyl (C=O) groups excluding carboxylic acids is 1. The summed E-state index contributed by atoms with van der Waals surface area (Å²) in [5.41, 5.74) is -0.696. The summed E-state index contributed by atoms with van der Waals surface area (Å²) in [6.07, 6.45) is 3.96. The van der Waals surface area contributed by atoms with E-state index in [9.17, 15) is 18.4 Å². The van der Waals surface area contributed by atoms with Crippen LogP contribution in [0.25, 0.3) is 5.69 Å². The fourth-order valence-electron chi connectivity index (χ4n) is 1.85. The number of allylic oxidation sites excluding steroid dienone is 1. The van der Waals surface area contributed by atoms with Gasteiger partial charge in [0, 0.05) is 38.6 Å². The molecule has 0 amide bonds. The average Bonchev–Trinajstić information content (AvgIpc) is 2.53. The summed E-state index contributed by atoms with van der Waals surface area (Å²) in [7, 11) is 3.44. The first-order valence-corrected chi connectivity index (χ1v) is 6.91. The molecule has 0 aliphatic carbocycles. The molecule has 0 fully saturated rings. The van der Waals surface area contributed by atoms with Gasteiger partial charge in [0.05, 0.1) is 0 Å². The minimum absolute atomic E-state index is 0.120. The second kappa shape index (κ2) is 7.49. The highest BCUT2D eigenvalue weighted by atomic mass is 19.3. The molecule has 8 heteroatoms. The molecule has 2 aromatic rings. The summed E-state index contributed by atoms with van der Waals surface area (Å²) < 4.78 is 30.6. The van der Waals surface area contributed by atoms with E-state index in [0.29, 0.717) is 0 Å². The number of carbonyl (C=O) groups is 1. The highest BCUT2D eigenvalue weighted by molar-refractivity contribution is 6.02. The zero-order chi connectivity index (χ0) is 17.7. The summed E-state index contributed by atoms with van der Waals surface area (Å²) in [5.74, 6) is -0.707. The summed E-state index contributed by atoms with van der Waals surface area (Å²) in [6, 6.07) is 7.09. The molecule has 0 atom stereocenters. The van der Waals surface area contributed by atoms with Crippen LogP contribution in [0.5, 0.6) is 5.75 Å². The third kappa shape index (κ3) is 4.25. The van der Waals surface area contributed by atoms with Crippen LogP contribution in [0.3, 0.4) is 0 Å². The number of ketones is 1. The van der Waals surface area contributed by atoms with Crippen molar-refractivity contribution < 1.29 is 18.3 Å². The number of benzene rings is 1. The lowest BCUT2D eigenvalue weighted by Gasteiger charge is -2.12. The molecule has 1 aromatic heterocycles. The van der Waals surface area contributed by atoms with Crippen LogP contribution < -0.4 is 10.2 Å². The maximum absolute atomic E-state index is 12.5. The van der Waals surface area contributed by atoms with Crippen molar-refractivity contribution in [1.82, 2.24) is 14.7 Å². The molecular weight excluding hydrogens is 320 g/mol. The van der Waals surface area contributed by atoms with Gasteiger partial charge in [-0.25, -0.2) is 4.68 Å². The predicted molar refractivity (Wildman–Crippen MR) is 83.6 cm³/mol. The van der Waals surface area contributed by atoms with Gasteiger partial charge >= 0.3 is 6.61 Å². The van der Waals surface area contributed by atoms with Crippen LogP contribution in [0.15, 0.2) is 53.6 Å². The highest BCUT2D eigenvalue weighted by Crippen LogP contribution is 2.23. The van der Waals surface area contributed by atoms with E-state index < -0.39 is 17.8 Å². The molecule has 0 spiro atoms. The van der Waals surface area contributed by atoms with Gasteiger partial charge < -0.3 is 9.64 Å². The molecule has 0 aliphatic rings. The Morgan fingerprint density at radius 3 is 2.67 bits per heavy atom. The van der Waals surface area contributed by atoms with Gasteiger partial charge in [-0.05, 0) is 12.1 Å². The quantitative estimate of drug-likeness (QED) is 0.597. The Hall–Kier alpha value is -3.03. The third-order valence-corrected chi connectivity index (χ3v) is 2.89. The molecule has 0 unspecified atom stereocenters. The molecule has 126 valence electrons. The first-order chi connectivity index (χ1) is 11.4. The Morgan fingerprint density at radius 2 is 2.00 bits per heavy atom. The van der Waals surface area contributed by atoms with Crippen molar-refractivity contribution in [1.29, 1.82) is 0 Å². The van der Waals surface area contributed by atoms with Crippen LogP contribution in [0.2, 0.25) is 0 Å². The van der Waals surface area contributed by atoms with Crippen molar-refractivity contribution in [3.8, 4) is 11.4 Å². The van der Waals surface area contributed by atoms with Crippen molar-refractivity contribution in [2.45, 2.75) is 6.61 Å². The zero-order valence-corrected chi connectivity index (χ0v) is 13.0. The molecule has 0 saturated heterocycles. The summed E-state index contributed by atoms with van der Waals surface area (Å²) >= 11 is 0. The van der Waals surface area contributed by atoms with Crippen LogP contribution in [-0.2, 0) is 0 Å². The van der Waals surface area contributed by atoms with E-state index in [1.165, 1.54) is 36.7 Å². The summed E-state index contributed by atoms with van der Waals surface area (Å²) in [6.45, 7) is -3.00.